The third-order valence-electron chi connectivity index (χ3n) is 4.76. The minimum Gasteiger partial charge on any atom is -0.497 e. The maximum absolute atomic E-state index is 12.9. The van der Waals surface area contributed by atoms with E-state index in [1.165, 1.54) is 16.7 Å². The number of fused-ring (bicyclic) bond motifs is 3. The zero-order chi connectivity index (χ0) is 17.4. The summed E-state index contributed by atoms with van der Waals surface area (Å²) in [4.78, 5) is 12.9. The molecule has 0 fully saturated rings. The van der Waals surface area contributed by atoms with Crippen molar-refractivity contribution in [2.24, 2.45) is 0 Å². The average Bonchev–Trinajstić information content (AvgIpc) is 2.65. The molecule has 0 atom stereocenters. The van der Waals surface area contributed by atoms with Crippen molar-refractivity contribution < 1.29 is 4.74 Å². The number of pyridine rings is 1. The molecule has 1 aromatic heterocycles. The summed E-state index contributed by atoms with van der Waals surface area (Å²) >= 11 is 2.16. The fourth-order valence-corrected chi connectivity index (χ4v) is 4.17. The maximum atomic E-state index is 12.9. The Kier molecular flexibility index (Phi) is 4.37. The van der Waals surface area contributed by atoms with Gasteiger partial charge in [0.25, 0.3) is 5.56 Å². The Morgan fingerprint density at radius 1 is 1.04 bits per heavy atom. The smallest absolute Gasteiger partial charge is 0.264 e. The molecule has 2 aromatic carbocycles. The highest BCUT2D eigenvalue weighted by molar-refractivity contribution is 14.1. The quantitative estimate of drug-likeness (QED) is 0.567. The van der Waals surface area contributed by atoms with Crippen LogP contribution in [0.25, 0.3) is 11.3 Å². The summed E-state index contributed by atoms with van der Waals surface area (Å²) in [6, 6.07) is 18.4. The van der Waals surface area contributed by atoms with Gasteiger partial charge in [-0.25, -0.2) is 0 Å². The molecule has 3 aromatic rings. The van der Waals surface area contributed by atoms with Crippen LogP contribution in [-0.4, -0.2) is 11.7 Å². The van der Waals surface area contributed by atoms with E-state index in [0.29, 0.717) is 6.54 Å². The van der Waals surface area contributed by atoms with Gasteiger partial charge in [-0.05, 0) is 70.3 Å². The molecule has 0 saturated heterocycles. The Morgan fingerprint density at radius 3 is 2.52 bits per heavy atom. The SMILES string of the molecule is COc1ccc(Cn2c3c(cc(I)c2=O)CCc2ccccc2-3)cc1. The molecule has 1 heterocycles. The second-order valence-corrected chi connectivity index (χ2v) is 7.42. The first kappa shape index (κ1) is 16.4. The fourth-order valence-electron chi connectivity index (χ4n) is 3.50. The van der Waals surface area contributed by atoms with Crippen LogP contribution in [-0.2, 0) is 19.4 Å². The summed E-state index contributed by atoms with van der Waals surface area (Å²) in [5.41, 5.74) is 6.01. The molecule has 126 valence electrons. The maximum Gasteiger partial charge on any atom is 0.264 e. The minimum absolute atomic E-state index is 0.0758. The van der Waals surface area contributed by atoms with E-state index in [1.54, 1.807) is 7.11 Å². The van der Waals surface area contributed by atoms with Crippen LogP contribution in [0, 0.1) is 3.57 Å². The molecule has 0 unspecified atom stereocenters. The lowest BCUT2D eigenvalue weighted by Gasteiger charge is -2.24. The summed E-state index contributed by atoms with van der Waals surface area (Å²) in [6.45, 7) is 0.566. The van der Waals surface area contributed by atoms with Crippen molar-refractivity contribution in [1.82, 2.24) is 4.57 Å². The van der Waals surface area contributed by atoms with Gasteiger partial charge in [0.05, 0.1) is 22.9 Å². The van der Waals surface area contributed by atoms with Gasteiger partial charge in [0.1, 0.15) is 5.75 Å². The van der Waals surface area contributed by atoms with E-state index < -0.39 is 0 Å². The zero-order valence-electron chi connectivity index (χ0n) is 14.0. The number of methoxy groups -OCH3 is 1. The van der Waals surface area contributed by atoms with Crippen LogP contribution in [0.1, 0.15) is 16.7 Å². The van der Waals surface area contributed by atoms with Crippen molar-refractivity contribution in [2.45, 2.75) is 19.4 Å². The molecule has 25 heavy (non-hydrogen) atoms. The Morgan fingerprint density at radius 2 is 1.76 bits per heavy atom. The zero-order valence-corrected chi connectivity index (χ0v) is 16.1. The van der Waals surface area contributed by atoms with E-state index >= 15 is 0 Å². The molecule has 1 aliphatic carbocycles. The van der Waals surface area contributed by atoms with Crippen molar-refractivity contribution in [3.05, 3.63) is 85.2 Å². The number of benzene rings is 2. The van der Waals surface area contributed by atoms with E-state index in [-0.39, 0.29) is 5.56 Å². The third kappa shape index (κ3) is 2.99. The molecule has 3 nitrogen and oxygen atoms in total. The van der Waals surface area contributed by atoms with Gasteiger partial charge in [0, 0.05) is 5.56 Å². The first-order valence-corrected chi connectivity index (χ1v) is 9.38. The standard InChI is InChI=1S/C21H18INO2/c1-25-17-10-6-14(7-11-17)13-23-20-16(12-19(22)21(23)24)9-8-15-4-2-3-5-18(15)20/h2-7,10-12H,8-9,13H2,1H3. The summed E-state index contributed by atoms with van der Waals surface area (Å²) in [5, 5.41) is 0. The van der Waals surface area contributed by atoms with Gasteiger partial charge in [0.2, 0.25) is 0 Å². The molecule has 0 aliphatic heterocycles. The van der Waals surface area contributed by atoms with Gasteiger partial charge in [0.15, 0.2) is 0 Å². The predicted molar refractivity (Wildman–Crippen MR) is 108 cm³/mol. The third-order valence-corrected chi connectivity index (χ3v) is 5.53. The van der Waals surface area contributed by atoms with Gasteiger partial charge >= 0.3 is 0 Å². The van der Waals surface area contributed by atoms with Crippen molar-refractivity contribution in [1.29, 1.82) is 0 Å². The number of aromatic nitrogens is 1. The van der Waals surface area contributed by atoms with E-state index in [0.717, 1.165) is 33.4 Å². The summed E-state index contributed by atoms with van der Waals surface area (Å²) in [7, 11) is 1.66. The molecule has 0 saturated carbocycles. The second-order valence-electron chi connectivity index (χ2n) is 6.26. The Balaban J connectivity index is 1.87. The summed E-state index contributed by atoms with van der Waals surface area (Å²) in [5.74, 6) is 0.825. The molecular weight excluding hydrogens is 425 g/mol. The van der Waals surface area contributed by atoms with E-state index in [4.69, 9.17) is 4.74 Å². The van der Waals surface area contributed by atoms with Crippen molar-refractivity contribution >= 4 is 22.6 Å². The van der Waals surface area contributed by atoms with Crippen LogP contribution in [0.4, 0.5) is 0 Å². The highest BCUT2D eigenvalue weighted by Crippen LogP contribution is 2.33. The molecular formula is C21H18INO2. The second kappa shape index (κ2) is 6.67. The van der Waals surface area contributed by atoms with Crippen LogP contribution >= 0.6 is 22.6 Å². The van der Waals surface area contributed by atoms with Crippen molar-refractivity contribution in [3.63, 3.8) is 0 Å². The van der Waals surface area contributed by atoms with Gasteiger partial charge in [-0.1, -0.05) is 36.4 Å². The average molecular weight is 443 g/mol. The number of hydrogen-bond acceptors (Lipinski definition) is 2. The molecule has 1 aliphatic rings. The molecule has 4 heteroatoms. The highest BCUT2D eigenvalue weighted by Gasteiger charge is 2.21. The van der Waals surface area contributed by atoms with Crippen LogP contribution in [0.2, 0.25) is 0 Å². The summed E-state index contributed by atoms with van der Waals surface area (Å²) < 4.78 is 7.94. The van der Waals surface area contributed by atoms with Crippen LogP contribution in [0.15, 0.2) is 59.4 Å². The number of ether oxygens (including phenoxy) is 1. The number of rotatable bonds is 3. The van der Waals surface area contributed by atoms with Gasteiger partial charge in [-0.15, -0.1) is 0 Å². The lowest BCUT2D eigenvalue weighted by atomic mass is 9.88. The minimum atomic E-state index is 0.0758. The van der Waals surface area contributed by atoms with Gasteiger partial charge in [-0.3, -0.25) is 4.79 Å². The van der Waals surface area contributed by atoms with Gasteiger partial charge in [-0.2, -0.15) is 0 Å². The van der Waals surface area contributed by atoms with Crippen LogP contribution < -0.4 is 10.3 Å². The molecule has 0 bridgehead atoms. The lowest BCUT2D eigenvalue weighted by Crippen LogP contribution is -2.27. The summed E-state index contributed by atoms with van der Waals surface area (Å²) in [6.07, 6.45) is 2.01. The predicted octanol–water partition coefficient (Wildman–Crippen LogP) is 4.28. The molecule has 0 radical (unpaired) electrons. The molecule has 0 amide bonds. The van der Waals surface area contributed by atoms with E-state index in [1.807, 2.05) is 34.9 Å². The van der Waals surface area contributed by atoms with E-state index in [2.05, 4.69) is 46.9 Å². The number of aryl methyl sites for hydroxylation is 2. The van der Waals surface area contributed by atoms with Gasteiger partial charge < -0.3 is 9.30 Å². The lowest BCUT2D eigenvalue weighted by molar-refractivity contribution is 0.414. The first-order valence-electron chi connectivity index (χ1n) is 8.31. The Bertz CT molecular complexity index is 990. The monoisotopic (exact) mass is 443 g/mol. The first-order chi connectivity index (χ1) is 12.2. The number of hydrogen-bond donors (Lipinski definition) is 0. The Labute approximate surface area is 160 Å². The number of nitrogens with zero attached hydrogens (tertiary/aromatic N) is 1. The van der Waals surface area contributed by atoms with Crippen LogP contribution in [0.5, 0.6) is 5.75 Å². The normalized spacial score (nSPS) is 12.4. The van der Waals surface area contributed by atoms with Crippen LogP contribution in [0.3, 0.4) is 0 Å². The van der Waals surface area contributed by atoms with E-state index in [9.17, 15) is 4.79 Å². The highest BCUT2D eigenvalue weighted by atomic mass is 127. The van der Waals surface area contributed by atoms with Crippen molar-refractivity contribution in [2.75, 3.05) is 7.11 Å². The molecule has 0 spiro atoms. The fraction of sp³-hybridized carbons (Fsp3) is 0.190. The van der Waals surface area contributed by atoms with Crippen molar-refractivity contribution in [3.8, 4) is 17.0 Å². The molecule has 0 N–H and O–H groups in total. The number of halogens is 1. The molecule has 4 rings (SSSR count). The topological polar surface area (TPSA) is 31.2 Å². The Hall–Kier alpha value is -2.08. The largest absolute Gasteiger partial charge is 0.497 e.